The molecule has 1 aliphatic rings. The van der Waals surface area contributed by atoms with Crippen molar-refractivity contribution in [2.75, 3.05) is 13.2 Å². The van der Waals surface area contributed by atoms with Crippen LogP contribution in [0.4, 0.5) is 0 Å². The fourth-order valence-electron chi connectivity index (χ4n) is 6.71. The van der Waals surface area contributed by atoms with Gasteiger partial charge in [-0.05, 0) is 38.5 Å². The lowest BCUT2D eigenvalue weighted by atomic mass is 9.99. The van der Waals surface area contributed by atoms with Gasteiger partial charge in [0.1, 0.15) is 30.5 Å². The topological polar surface area (TPSA) is 212 Å². The molecule has 57 heavy (non-hydrogen) atoms. The Balaban J connectivity index is 2.63. The molecule has 8 unspecified atom stereocenters. The zero-order valence-corrected chi connectivity index (χ0v) is 35.8. The van der Waals surface area contributed by atoms with E-state index in [4.69, 9.17) is 14.0 Å². The number of rotatable bonds is 36. The van der Waals surface area contributed by atoms with Crippen molar-refractivity contribution in [3.8, 4) is 0 Å². The lowest BCUT2D eigenvalue weighted by Gasteiger charge is -2.41. The molecule has 1 fully saturated rings. The second-order valence-corrected chi connectivity index (χ2v) is 16.5. The van der Waals surface area contributed by atoms with Crippen LogP contribution in [0.1, 0.15) is 168 Å². The number of carbonyl (C=O) groups is 1. The summed E-state index contributed by atoms with van der Waals surface area (Å²) in [5, 5.41) is 55.0. The van der Waals surface area contributed by atoms with Gasteiger partial charge in [-0.3, -0.25) is 9.35 Å². The Bertz CT molecular complexity index is 1180. The average molecular weight is 834 g/mol. The SMILES string of the molecule is CCCC/C=C/CC/C=C/CC/C=C/C(O)C(COC1OC(CO)C(O)C(OS(=O)(=O)O)C1O)NC(=O)C(O)CCCCCCCCCCCCCCCCCC. The Kier molecular flexibility index (Phi) is 31.8. The van der Waals surface area contributed by atoms with E-state index in [0.717, 1.165) is 44.9 Å². The van der Waals surface area contributed by atoms with E-state index in [9.17, 15) is 38.7 Å². The molecule has 0 bridgehead atoms. The Morgan fingerprint density at radius 3 is 1.67 bits per heavy atom. The van der Waals surface area contributed by atoms with Crippen LogP contribution in [-0.4, -0.2) is 107 Å². The van der Waals surface area contributed by atoms with Crippen LogP contribution in [-0.2, 0) is 28.9 Å². The second-order valence-electron chi connectivity index (χ2n) is 15.4. The molecule has 0 aromatic carbocycles. The maximum absolute atomic E-state index is 13.1. The highest BCUT2D eigenvalue weighted by Crippen LogP contribution is 2.26. The van der Waals surface area contributed by atoms with Crippen molar-refractivity contribution in [3.63, 3.8) is 0 Å². The molecule has 8 atom stereocenters. The van der Waals surface area contributed by atoms with E-state index in [1.807, 2.05) is 0 Å². The van der Waals surface area contributed by atoms with Gasteiger partial charge >= 0.3 is 10.4 Å². The first-order valence-electron chi connectivity index (χ1n) is 22.0. The fraction of sp³-hybridized carbons (Fsp3) is 0.837. The third kappa shape index (κ3) is 26.9. The molecule has 0 spiro atoms. The Morgan fingerprint density at radius 2 is 1.18 bits per heavy atom. The van der Waals surface area contributed by atoms with Crippen molar-refractivity contribution in [1.29, 1.82) is 0 Å². The van der Waals surface area contributed by atoms with E-state index < -0.39 is 78.5 Å². The number of ether oxygens (including phenoxy) is 2. The summed E-state index contributed by atoms with van der Waals surface area (Å²) in [6, 6.07) is -1.14. The van der Waals surface area contributed by atoms with E-state index in [1.54, 1.807) is 6.08 Å². The minimum absolute atomic E-state index is 0.236. The van der Waals surface area contributed by atoms with Crippen molar-refractivity contribution < 1.29 is 57.0 Å². The predicted octanol–water partition coefficient (Wildman–Crippen LogP) is 6.91. The molecule has 1 saturated heterocycles. The van der Waals surface area contributed by atoms with Gasteiger partial charge in [-0.15, -0.1) is 0 Å². The van der Waals surface area contributed by atoms with Crippen molar-refractivity contribution in [2.45, 2.75) is 217 Å². The molecule has 334 valence electrons. The summed E-state index contributed by atoms with van der Waals surface area (Å²) >= 11 is 0. The van der Waals surface area contributed by atoms with Gasteiger partial charge in [0, 0.05) is 0 Å². The summed E-state index contributed by atoms with van der Waals surface area (Å²) in [5.41, 5.74) is 0. The average Bonchev–Trinajstić information content (AvgIpc) is 3.18. The quantitative estimate of drug-likeness (QED) is 0.0195. The number of carbonyl (C=O) groups excluding carboxylic acids is 1. The molecule has 0 aliphatic carbocycles. The molecule has 0 aromatic heterocycles. The van der Waals surface area contributed by atoms with Crippen LogP contribution >= 0.6 is 0 Å². The fourth-order valence-corrected chi connectivity index (χ4v) is 7.22. The smallest absolute Gasteiger partial charge is 0.394 e. The molecule has 7 N–H and O–H groups in total. The number of nitrogens with one attached hydrogen (secondary N) is 1. The standard InChI is InChI=1S/C43H79NO12S/c1-3-5-7-9-11-13-15-17-18-19-20-22-24-26-28-30-32-37(47)42(50)44-35(36(46)31-29-27-25-23-21-16-14-12-10-8-6-4-2)34-54-43-40(49)41(56-57(51,52)53)39(48)38(33-45)55-43/h10,12,21,23,29,31,35-41,43,45-49H,3-9,11,13-20,22,24-28,30,32-34H2,1-2H3,(H,44,50)(H,51,52,53)/b12-10+,23-21+,31-29+. The molecular formula is C43H79NO12S. The molecule has 1 aliphatic heterocycles. The van der Waals surface area contributed by atoms with Gasteiger partial charge in [0.15, 0.2) is 6.29 Å². The number of unbranched alkanes of at least 4 members (excludes halogenated alkanes) is 19. The molecule has 1 heterocycles. The third-order valence-corrected chi connectivity index (χ3v) is 10.7. The number of amides is 1. The second kappa shape index (κ2) is 34.0. The third-order valence-electron chi connectivity index (χ3n) is 10.3. The van der Waals surface area contributed by atoms with Gasteiger partial charge in [0.25, 0.3) is 0 Å². The van der Waals surface area contributed by atoms with Crippen LogP contribution < -0.4 is 5.32 Å². The molecule has 14 heteroatoms. The lowest BCUT2D eigenvalue weighted by Crippen LogP contribution is -2.61. The first kappa shape index (κ1) is 53.3. The molecule has 0 aromatic rings. The van der Waals surface area contributed by atoms with Gasteiger partial charge in [0.2, 0.25) is 5.91 Å². The van der Waals surface area contributed by atoms with Crippen LogP contribution in [0.25, 0.3) is 0 Å². The number of aliphatic hydroxyl groups is 5. The van der Waals surface area contributed by atoms with Crippen LogP contribution in [0.15, 0.2) is 36.5 Å². The predicted molar refractivity (Wildman–Crippen MR) is 224 cm³/mol. The number of allylic oxidation sites excluding steroid dienone is 5. The van der Waals surface area contributed by atoms with E-state index in [2.05, 4.69) is 47.7 Å². The Hall–Kier alpha value is -1.72. The van der Waals surface area contributed by atoms with E-state index in [-0.39, 0.29) is 6.42 Å². The zero-order chi connectivity index (χ0) is 42.2. The van der Waals surface area contributed by atoms with E-state index in [0.29, 0.717) is 12.8 Å². The number of hydrogen-bond donors (Lipinski definition) is 7. The van der Waals surface area contributed by atoms with Gasteiger partial charge in [-0.1, -0.05) is 166 Å². The highest BCUT2D eigenvalue weighted by molar-refractivity contribution is 7.80. The summed E-state index contributed by atoms with van der Waals surface area (Å²) in [6.45, 7) is 3.13. The van der Waals surface area contributed by atoms with Crippen LogP contribution in [0.3, 0.4) is 0 Å². The maximum atomic E-state index is 13.1. The van der Waals surface area contributed by atoms with Gasteiger partial charge in [-0.25, -0.2) is 4.18 Å². The number of aliphatic hydroxyl groups excluding tert-OH is 5. The molecule has 0 saturated carbocycles. The minimum Gasteiger partial charge on any atom is -0.394 e. The van der Waals surface area contributed by atoms with E-state index in [1.165, 1.54) is 96.0 Å². The molecule has 1 amide bonds. The van der Waals surface area contributed by atoms with Crippen molar-refractivity contribution in [3.05, 3.63) is 36.5 Å². The summed E-state index contributed by atoms with van der Waals surface area (Å²) in [4.78, 5) is 13.1. The van der Waals surface area contributed by atoms with Crippen LogP contribution in [0, 0.1) is 0 Å². The largest absolute Gasteiger partial charge is 0.397 e. The van der Waals surface area contributed by atoms with Gasteiger partial charge in [0.05, 0.1) is 25.4 Å². The van der Waals surface area contributed by atoms with Crippen molar-refractivity contribution >= 4 is 16.3 Å². The number of hydrogen-bond acceptors (Lipinski definition) is 11. The van der Waals surface area contributed by atoms with Crippen molar-refractivity contribution in [2.24, 2.45) is 0 Å². The summed E-state index contributed by atoms with van der Waals surface area (Å²) in [5.74, 6) is -0.718. The van der Waals surface area contributed by atoms with Gasteiger partial charge < -0.3 is 40.3 Å². The minimum atomic E-state index is -5.12. The Labute approximate surface area is 344 Å². The Morgan fingerprint density at radius 1 is 0.702 bits per heavy atom. The van der Waals surface area contributed by atoms with E-state index >= 15 is 0 Å². The summed E-state index contributed by atoms with van der Waals surface area (Å²) in [6.07, 6.45) is 26.7. The first-order chi connectivity index (χ1) is 27.4. The molecule has 1 rings (SSSR count). The molecule has 13 nitrogen and oxygen atoms in total. The van der Waals surface area contributed by atoms with Crippen LogP contribution in [0.5, 0.6) is 0 Å². The molecular weight excluding hydrogens is 755 g/mol. The summed E-state index contributed by atoms with van der Waals surface area (Å²) < 4.78 is 47.4. The maximum Gasteiger partial charge on any atom is 0.397 e. The first-order valence-corrected chi connectivity index (χ1v) is 23.3. The van der Waals surface area contributed by atoms with Crippen LogP contribution in [0.2, 0.25) is 0 Å². The van der Waals surface area contributed by atoms with Gasteiger partial charge in [-0.2, -0.15) is 8.42 Å². The molecule has 0 radical (unpaired) electrons. The highest BCUT2D eigenvalue weighted by atomic mass is 32.3. The zero-order valence-electron chi connectivity index (χ0n) is 35.0. The highest BCUT2D eigenvalue weighted by Gasteiger charge is 2.48. The van der Waals surface area contributed by atoms with Crippen molar-refractivity contribution in [1.82, 2.24) is 5.32 Å². The monoisotopic (exact) mass is 834 g/mol. The lowest BCUT2D eigenvalue weighted by molar-refractivity contribution is -0.298. The normalized spacial score (nSPS) is 22.1. The summed E-state index contributed by atoms with van der Waals surface area (Å²) in [7, 11) is -5.12.